The van der Waals surface area contributed by atoms with Crippen LogP contribution >= 0.6 is 0 Å². The Bertz CT molecular complexity index is 777. The number of rotatable bonds is 4. The van der Waals surface area contributed by atoms with E-state index in [1.165, 1.54) is 0 Å². The summed E-state index contributed by atoms with van der Waals surface area (Å²) in [6.07, 6.45) is 3.04. The lowest BCUT2D eigenvalue weighted by atomic mass is 10.1. The molecule has 2 heterocycles. The first-order valence-electron chi connectivity index (χ1n) is 6.43. The molecule has 1 N–H and O–H groups in total. The van der Waals surface area contributed by atoms with Crippen molar-refractivity contribution in [3.63, 3.8) is 0 Å². The number of fused-ring (bicyclic) bond motifs is 1. The maximum Gasteiger partial charge on any atom is 0.261 e. The van der Waals surface area contributed by atoms with Crippen LogP contribution in [-0.4, -0.2) is 30.2 Å². The first-order chi connectivity index (χ1) is 9.75. The van der Waals surface area contributed by atoms with Crippen molar-refractivity contribution in [2.24, 2.45) is 0 Å². The molecule has 0 unspecified atom stereocenters. The summed E-state index contributed by atoms with van der Waals surface area (Å²) in [6.45, 7) is 2.51. The fraction of sp³-hybridized carbons (Fsp3) is 0.308. The van der Waals surface area contributed by atoms with E-state index in [-0.39, 0.29) is 5.56 Å². The van der Waals surface area contributed by atoms with Gasteiger partial charge in [-0.3, -0.25) is 9.36 Å². The predicted molar refractivity (Wildman–Crippen MR) is 73.2 cm³/mol. The molecule has 2 aromatic heterocycles. The van der Waals surface area contributed by atoms with Crippen LogP contribution in [0.15, 0.2) is 29.3 Å². The number of benzene rings is 1. The Morgan fingerprint density at radius 1 is 1.35 bits per heavy atom. The Morgan fingerprint density at radius 2 is 2.25 bits per heavy atom. The van der Waals surface area contributed by atoms with Crippen molar-refractivity contribution < 1.29 is 0 Å². The molecule has 0 bridgehead atoms. The second-order valence-electron chi connectivity index (χ2n) is 4.64. The van der Waals surface area contributed by atoms with Gasteiger partial charge in [0.2, 0.25) is 0 Å². The molecule has 0 spiro atoms. The molecule has 0 aliphatic heterocycles. The number of nitrogens with one attached hydrogen (secondary N) is 1. The van der Waals surface area contributed by atoms with Gasteiger partial charge in [-0.25, -0.2) is 4.98 Å². The third kappa shape index (κ3) is 2.29. The molecule has 7 heteroatoms. The predicted octanol–water partition coefficient (Wildman–Crippen LogP) is 0.851. The summed E-state index contributed by atoms with van der Waals surface area (Å²) in [7, 11) is 0. The highest BCUT2D eigenvalue weighted by atomic mass is 16.1. The highest BCUT2D eigenvalue weighted by Crippen LogP contribution is 2.11. The van der Waals surface area contributed by atoms with Crippen molar-refractivity contribution in [1.29, 1.82) is 0 Å². The lowest BCUT2D eigenvalue weighted by Gasteiger charge is -2.07. The molecule has 3 aromatic rings. The Kier molecular flexibility index (Phi) is 3.24. The van der Waals surface area contributed by atoms with E-state index in [0.717, 1.165) is 17.5 Å². The van der Waals surface area contributed by atoms with Crippen LogP contribution in [0.25, 0.3) is 10.9 Å². The molecule has 0 aliphatic carbocycles. The quantitative estimate of drug-likeness (QED) is 0.759. The van der Waals surface area contributed by atoms with Crippen molar-refractivity contribution in [2.75, 3.05) is 0 Å². The average Bonchev–Trinajstić information content (AvgIpc) is 2.95. The van der Waals surface area contributed by atoms with Crippen molar-refractivity contribution in [1.82, 2.24) is 30.2 Å². The molecule has 1 aromatic carbocycles. The monoisotopic (exact) mass is 270 g/mol. The van der Waals surface area contributed by atoms with Gasteiger partial charge in [-0.1, -0.05) is 17.3 Å². The molecule has 0 saturated heterocycles. The minimum Gasteiger partial charge on any atom is -0.299 e. The van der Waals surface area contributed by atoms with Crippen LogP contribution in [0.4, 0.5) is 0 Å². The van der Waals surface area contributed by atoms with E-state index < -0.39 is 0 Å². The Morgan fingerprint density at radius 3 is 3.05 bits per heavy atom. The van der Waals surface area contributed by atoms with Gasteiger partial charge in [0.25, 0.3) is 5.56 Å². The van der Waals surface area contributed by atoms with E-state index in [1.54, 1.807) is 10.9 Å². The molecule has 0 saturated carbocycles. The molecule has 7 nitrogen and oxygen atoms in total. The highest BCUT2D eigenvalue weighted by molar-refractivity contribution is 5.80. The summed E-state index contributed by atoms with van der Waals surface area (Å²) in [5.41, 5.74) is 1.69. The van der Waals surface area contributed by atoms with Gasteiger partial charge in [0.15, 0.2) is 5.82 Å². The van der Waals surface area contributed by atoms with Gasteiger partial charge in [-0.05, 0) is 25.0 Å². The van der Waals surface area contributed by atoms with E-state index in [2.05, 4.69) is 25.6 Å². The van der Waals surface area contributed by atoms with Gasteiger partial charge >= 0.3 is 0 Å². The number of aromatic nitrogens is 6. The van der Waals surface area contributed by atoms with Gasteiger partial charge in [-0.2, -0.15) is 5.21 Å². The van der Waals surface area contributed by atoms with Crippen LogP contribution in [0.1, 0.15) is 17.8 Å². The topological polar surface area (TPSA) is 89.3 Å². The molecule has 0 radical (unpaired) electrons. The average molecular weight is 270 g/mol. The SMILES string of the molecule is Cc1cccc2ncn(CCCc3nn[nH]n3)c(=O)c12. The first-order valence-corrected chi connectivity index (χ1v) is 6.43. The molecule has 0 amide bonds. The summed E-state index contributed by atoms with van der Waals surface area (Å²) in [6, 6.07) is 5.69. The zero-order valence-corrected chi connectivity index (χ0v) is 11.1. The van der Waals surface area contributed by atoms with Gasteiger partial charge in [-0.15, -0.1) is 10.2 Å². The van der Waals surface area contributed by atoms with Crippen molar-refractivity contribution in [2.45, 2.75) is 26.3 Å². The van der Waals surface area contributed by atoms with Crippen LogP contribution in [0, 0.1) is 6.92 Å². The van der Waals surface area contributed by atoms with Crippen molar-refractivity contribution in [3.8, 4) is 0 Å². The number of nitrogens with zero attached hydrogens (tertiary/aromatic N) is 5. The lowest BCUT2D eigenvalue weighted by molar-refractivity contribution is 0.606. The summed E-state index contributed by atoms with van der Waals surface area (Å²) in [5.74, 6) is 0.656. The highest BCUT2D eigenvalue weighted by Gasteiger charge is 2.06. The summed E-state index contributed by atoms with van der Waals surface area (Å²) in [4.78, 5) is 16.7. The van der Waals surface area contributed by atoms with E-state index in [9.17, 15) is 4.79 Å². The fourth-order valence-electron chi connectivity index (χ4n) is 2.22. The number of hydrogen-bond donors (Lipinski definition) is 1. The molecule has 0 atom stereocenters. The van der Waals surface area contributed by atoms with E-state index >= 15 is 0 Å². The largest absolute Gasteiger partial charge is 0.299 e. The number of aryl methyl sites for hydroxylation is 3. The van der Waals surface area contributed by atoms with Crippen LogP contribution in [0.5, 0.6) is 0 Å². The number of H-pyrrole nitrogens is 1. The van der Waals surface area contributed by atoms with E-state index in [1.807, 2.05) is 25.1 Å². The smallest absolute Gasteiger partial charge is 0.261 e. The maximum absolute atomic E-state index is 12.4. The van der Waals surface area contributed by atoms with Crippen LogP contribution in [-0.2, 0) is 13.0 Å². The van der Waals surface area contributed by atoms with Crippen LogP contribution < -0.4 is 5.56 Å². The van der Waals surface area contributed by atoms with Gasteiger partial charge < -0.3 is 0 Å². The van der Waals surface area contributed by atoms with Crippen molar-refractivity contribution >= 4 is 10.9 Å². The fourth-order valence-corrected chi connectivity index (χ4v) is 2.22. The van der Waals surface area contributed by atoms with Crippen LogP contribution in [0.3, 0.4) is 0 Å². The lowest BCUT2D eigenvalue weighted by Crippen LogP contribution is -2.21. The second-order valence-corrected chi connectivity index (χ2v) is 4.64. The zero-order valence-electron chi connectivity index (χ0n) is 11.1. The van der Waals surface area contributed by atoms with E-state index in [0.29, 0.717) is 24.2 Å². The zero-order chi connectivity index (χ0) is 13.9. The summed E-state index contributed by atoms with van der Waals surface area (Å²) in [5, 5.41) is 14.4. The Balaban J connectivity index is 1.83. The maximum atomic E-state index is 12.4. The second kappa shape index (κ2) is 5.20. The van der Waals surface area contributed by atoms with E-state index in [4.69, 9.17) is 0 Å². The number of tetrazole rings is 1. The molecule has 102 valence electrons. The summed E-state index contributed by atoms with van der Waals surface area (Å²) < 4.78 is 1.63. The standard InChI is InChI=1S/C13H14N6O/c1-9-4-2-5-10-12(9)13(20)19(8-14-10)7-3-6-11-15-17-18-16-11/h2,4-5,8H,3,6-7H2,1H3,(H,15,16,17,18). The Labute approximate surface area is 114 Å². The minimum absolute atomic E-state index is 0.00112. The molecular weight excluding hydrogens is 256 g/mol. The molecule has 20 heavy (non-hydrogen) atoms. The number of aromatic amines is 1. The molecule has 3 rings (SSSR count). The molecular formula is C13H14N6O. The summed E-state index contributed by atoms with van der Waals surface area (Å²) >= 11 is 0. The Hall–Kier alpha value is -2.57. The minimum atomic E-state index is 0.00112. The van der Waals surface area contributed by atoms with Crippen molar-refractivity contribution in [3.05, 3.63) is 46.3 Å². The third-order valence-electron chi connectivity index (χ3n) is 3.25. The molecule has 0 fully saturated rings. The van der Waals surface area contributed by atoms with Crippen LogP contribution in [0.2, 0.25) is 0 Å². The third-order valence-corrected chi connectivity index (χ3v) is 3.25. The van der Waals surface area contributed by atoms with Gasteiger partial charge in [0, 0.05) is 13.0 Å². The first kappa shape index (κ1) is 12.5. The normalized spacial score (nSPS) is 11.1. The van der Waals surface area contributed by atoms with Gasteiger partial charge in [0.1, 0.15) is 0 Å². The number of hydrogen-bond acceptors (Lipinski definition) is 5. The molecule has 0 aliphatic rings. The van der Waals surface area contributed by atoms with Gasteiger partial charge in [0.05, 0.1) is 17.2 Å².